The molecule has 4 nitrogen and oxygen atoms in total. The van der Waals surface area contributed by atoms with Crippen LogP contribution in [0.5, 0.6) is 0 Å². The second kappa shape index (κ2) is 8.65. The van der Waals surface area contributed by atoms with E-state index in [0.717, 1.165) is 39.8 Å². The Morgan fingerprint density at radius 3 is 2.46 bits per heavy atom. The zero-order chi connectivity index (χ0) is 25.1. The summed E-state index contributed by atoms with van der Waals surface area (Å²) in [6.07, 6.45) is 6.80. The Labute approximate surface area is 214 Å². The first kappa shape index (κ1) is 22.4. The molecular weight excluding hydrogens is 466 g/mol. The third-order valence-electron chi connectivity index (χ3n) is 8.67. The number of aromatic amines is 1. The first-order chi connectivity index (χ1) is 18.0. The Kier molecular flexibility index (Phi) is 5.24. The van der Waals surface area contributed by atoms with Gasteiger partial charge in [0, 0.05) is 40.9 Å². The third-order valence-corrected chi connectivity index (χ3v) is 8.67. The van der Waals surface area contributed by atoms with Gasteiger partial charge in [-0.3, -0.25) is 0 Å². The van der Waals surface area contributed by atoms with Gasteiger partial charge >= 0.3 is 0 Å². The Bertz CT molecular complexity index is 1630. The molecule has 2 bridgehead atoms. The van der Waals surface area contributed by atoms with E-state index in [2.05, 4.69) is 47.6 Å². The van der Waals surface area contributed by atoms with Crippen molar-refractivity contribution in [3.8, 4) is 22.6 Å². The molecule has 2 heterocycles. The van der Waals surface area contributed by atoms with Gasteiger partial charge in [-0.2, -0.15) is 0 Å². The molecule has 2 atom stereocenters. The number of halogens is 2. The molecule has 6 heteroatoms. The highest BCUT2D eigenvalue weighted by molar-refractivity contribution is 5.95. The number of benzene rings is 3. The third kappa shape index (κ3) is 3.86. The largest absolute Gasteiger partial charge is 0.367 e. The number of hydrogen-bond acceptors (Lipinski definition) is 3. The van der Waals surface area contributed by atoms with Crippen molar-refractivity contribution in [2.45, 2.75) is 38.6 Å². The number of hydrogen-bond donors (Lipinski definition) is 2. The zero-order valence-electron chi connectivity index (χ0n) is 20.6. The van der Waals surface area contributed by atoms with Crippen molar-refractivity contribution in [1.82, 2.24) is 15.0 Å². The monoisotopic (exact) mass is 494 g/mol. The van der Waals surface area contributed by atoms with Gasteiger partial charge in [0.2, 0.25) is 0 Å². The highest BCUT2D eigenvalue weighted by Gasteiger charge is 2.41. The Hall–Kier alpha value is -3.80. The number of nitrogens with one attached hydrogen (secondary N) is 2. The lowest BCUT2D eigenvalue weighted by molar-refractivity contribution is 0.0928. The van der Waals surface area contributed by atoms with Crippen molar-refractivity contribution < 1.29 is 8.78 Å². The minimum Gasteiger partial charge on any atom is -0.367 e. The first-order valence-corrected chi connectivity index (χ1v) is 13.1. The molecule has 2 unspecified atom stereocenters. The van der Waals surface area contributed by atoms with Gasteiger partial charge in [0.1, 0.15) is 17.5 Å². The summed E-state index contributed by atoms with van der Waals surface area (Å²) >= 11 is 0. The summed E-state index contributed by atoms with van der Waals surface area (Å²) < 4.78 is 28.6. The van der Waals surface area contributed by atoms with E-state index in [9.17, 15) is 8.78 Å². The Morgan fingerprint density at radius 2 is 1.65 bits per heavy atom. The molecule has 0 radical (unpaired) electrons. The molecule has 2 aromatic heterocycles. The molecule has 3 aliphatic rings. The van der Waals surface area contributed by atoms with Crippen LogP contribution in [0.2, 0.25) is 0 Å². The van der Waals surface area contributed by atoms with Crippen LogP contribution in [0.4, 0.5) is 14.6 Å². The van der Waals surface area contributed by atoms with Crippen LogP contribution in [0, 0.1) is 29.4 Å². The fourth-order valence-corrected chi connectivity index (χ4v) is 6.65. The maximum Gasteiger partial charge on any atom is 0.164 e. The van der Waals surface area contributed by atoms with Crippen LogP contribution in [-0.4, -0.2) is 21.0 Å². The van der Waals surface area contributed by atoms with E-state index in [1.165, 1.54) is 31.7 Å². The lowest BCUT2D eigenvalue weighted by Gasteiger charge is -2.47. The molecule has 37 heavy (non-hydrogen) atoms. The van der Waals surface area contributed by atoms with Crippen molar-refractivity contribution >= 4 is 27.5 Å². The number of nitrogens with zero attached hydrogens (tertiary/aromatic N) is 2. The lowest BCUT2D eigenvalue weighted by Crippen LogP contribution is -2.47. The molecule has 0 spiro atoms. The van der Waals surface area contributed by atoms with Crippen LogP contribution in [0.25, 0.3) is 44.3 Å². The number of aromatic nitrogens is 3. The molecule has 3 fully saturated rings. The lowest BCUT2D eigenvalue weighted by atomic mass is 9.62. The van der Waals surface area contributed by atoms with Gasteiger partial charge in [0.15, 0.2) is 5.82 Å². The first-order valence-electron chi connectivity index (χ1n) is 13.1. The van der Waals surface area contributed by atoms with Gasteiger partial charge in [-0.05, 0) is 66.3 Å². The van der Waals surface area contributed by atoms with Crippen molar-refractivity contribution in [1.29, 1.82) is 0 Å². The van der Waals surface area contributed by atoms with Crippen molar-refractivity contribution in [2.24, 2.45) is 17.8 Å². The SMILES string of the molecule is CC1C2CCC(CC2)C1Nc1cc(-c2ccc3ccccc3c2)nc(-c2c[nH]c3c(F)cc(F)cc23)n1. The van der Waals surface area contributed by atoms with Gasteiger partial charge in [-0.1, -0.05) is 43.3 Å². The van der Waals surface area contributed by atoms with E-state index in [4.69, 9.17) is 9.97 Å². The minimum absolute atomic E-state index is 0.254. The maximum absolute atomic E-state index is 14.5. The van der Waals surface area contributed by atoms with E-state index in [1.54, 1.807) is 6.20 Å². The predicted octanol–water partition coefficient (Wildman–Crippen LogP) is 7.96. The van der Waals surface area contributed by atoms with E-state index in [-0.39, 0.29) is 5.52 Å². The normalized spacial score (nSPS) is 23.1. The van der Waals surface area contributed by atoms with Crippen molar-refractivity contribution in [3.63, 3.8) is 0 Å². The standard InChI is InChI=1S/C31H28F2N4/c1-17-18-6-9-20(10-7-18)29(17)36-28-15-27(22-11-8-19-4-2-3-5-21(19)12-22)35-31(37-28)25-16-34-30-24(25)13-23(32)14-26(30)33/h2-5,8,11-18,20,29,34H,6-7,9-10H2,1H3,(H,35,36,37). The van der Waals surface area contributed by atoms with Gasteiger partial charge < -0.3 is 10.3 Å². The van der Waals surface area contributed by atoms with Crippen LogP contribution >= 0.6 is 0 Å². The smallest absolute Gasteiger partial charge is 0.164 e. The average molecular weight is 495 g/mol. The molecule has 3 saturated carbocycles. The number of anilines is 1. The topological polar surface area (TPSA) is 53.6 Å². The van der Waals surface area contributed by atoms with E-state index in [1.807, 2.05) is 18.2 Å². The summed E-state index contributed by atoms with van der Waals surface area (Å²) in [7, 11) is 0. The number of fused-ring (bicyclic) bond motifs is 5. The number of H-pyrrole nitrogens is 1. The average Bonchev–Trinajstić information content (AvgIpc) is 3.35. The summed E-state index contributed by atoms with van der Waals surface area (Å²) in [4.78, 5) is 12.8. The molecule has 3 aliphatic carbocycles. The predicted molar refractivity (Wildman–Crippen MR) is 144 cm³/mol. The van der Waals surface area contributed by atoms with Gasteiger partial charge in [0.05, 0.1) is 11.2 Å². The second-order valence-electron chi connectivity index (χ2n) is 10.7. The molecule has 0 amide bonds. The highest BCUT2D eigenvalue weighted by Crippen LogP contribution is 2.46. The van der Waals surface area contributed by atoms with Crippen LogP contribution in [0.3, 0.4) is 0 Å². The van der Waals surface area contributed by atoms with Crippen LogP contribution < -0.4 is 5.32 Å². The fraction of sp³-hybridized carbons (Fsp3) is 0.290. The Morgan fingerprint density at radius 1 is 0.865 bits per heavy atom. The van der Waals surface area contributed by atoms with E-state index >= 15 is 0 Å². The van der Waals surface area contributed by atoms with Gasteiger partial charge in [-0.15, -0.1) is 0 Å². The summed E-state index contributed by atoms with van der Waals surface area (Å²) in [5, 5.41) is 6.50. The highest BCUT2D eigenvalue weighted by atomic mass is 19.1. The van der Waals surface area contributed by atoms with Gasteiger partial charge in [-0.25, -0.2) is 18.7 Å². The van der Waals surface area contributed by atoms with Crippen LogP contribution in [0.1, 0.15) is 32.6 Å². The van der Waals surface area contributed by atoms with Gasteiger partial charge in [0.25, 0.3) is 0 Å². The molecule has 2 N–H and O–H groups in total. The minimum atomic E-state index is -0.627. The Balaban J connectivity index is 1.37. The van der Waals surface area contributed by atoms with Crippen molar-refractivity contribution in [2.75, 3.05) is 5.32 Å². The molecule has 186 valence electrons. The summed E-state index contributed by atoms with van der Waals surface area (Å²) in [5.41, 5.74) is 2.58. The molecule has 5 aromatic rings. The molecule has 8 rings (SSSR count). The second-order valence-corrected chi connectivity index (χ2v) is 10.7. The summed E-state index contributed by atoms with van der Waals surface area (Å²) in [5.74, 6) is 1.91. The molecular formula is C31H28F2N4. The summed E-state index contributed by atoms with van der Waals surface area (Å²) in [6.45, 7) is 2.35. The van der Waals surface area contributed by atoms with E-state index in [0.29, 0.717) is 34.7 Å². The number of rotatable bonds is 4. The summed E-state index contributed by atoms with van der Waals surface area (Å²) in [6, 6.07) is 19.1. The fourth-order valence-electron chi connectivity index (χ4n) is 6.65. The van der Waals surface area contributed by atoms with Crippen LogP contribution in [-0.2, 0) is 0 Å². The molecule has 0 aliphatic heterocycles. The molecule has 0 saturated heterocycles. The zero-order valence-corrected chi connectivity index (χ0v) is 20.6. The van der Waals surface area contributed by atoms with Crippen LogP contribution in [0.15, 0.2) is 66.9 Å². The maximum atomic E-state index is 14.5. The van der Waals surface area contributed by atoms with E-state index < -0.39 is 11.6 Å². The quantitative estimate of drug-likeness (QED) is 0.266. The van der Waals surface area contributed by atoms with Crippen molar-refractivity contribution in [3.05, 3.63) is 78.5 Å². The molecule has 3 aromatic carbocycles.